The molecule has 0 heterocycles. The van der Waals surface area contributed by atoms with Crippen LogP contribution >= 0.6 is 11.6 Å². The van der Waals surface area contributed by atoms with E-state index in [1.54, 1.807) is 0 Å². The van der Waals surface area contributed by atoms with Crippen LogP contribution in [0, 0.1) is 5.92 Å². The molecule has 1 aliphatic rings. The van der Waals surface area contributed by atoms with E-state index >= 15 is 0 Å². The number of rotatable bonds is 5. The van der Waals surface area contributed by atoms with Crippen LogP contribution in [0.15, 0.2) is 23.1 Å². The molecule has 6 heteroatoms. The summed E-state index contributed by atoms with van der Waals surface area (Å²) in [5, 5.41) is 9.50. The second-order valence-corrected chi connectivity index (χ2v) is 7.60. The van der Waals surface area contributed by atoms with Crippen molar-refractivity contribution in [1.82, 2.24) is 4.72 Å². The number of nitrogens with one attached hydrogen (secondary N) is 1. The average Bonchev–Trinajstić information content (AvgIpc) is 3.11. The predicted octanol–water partition coefficient (Wildman–Crippen LogP) is 2.30. The molecule has 0 saturated heterocycles. The lowest BCUT2D eigenvalue weighted by Gasteiger charge is -2.25. The number of hydrogen-bond acceptors (Lipinski definition) is 3. The summed E-state index contributed by atoms with van der Waals surface area (Å²) >= 11 is 5.86. The van der Waals surface area contributed by atoms with Gasteiger partial charge in [-0.1, -0.05) is 11.6 Å². The zero-order valence-corrected chi connectivity index (χ0v) is 12.6. The second-order valence-electron chi connectivity index (χ2n) is 5.51. The molecule has 1 saturated carbocycles. The molecule has 0 atom stereocenters. The van der Waals surface area contributed by atoms with Crippen molar-refractivity contribution < 1.29 is 13.5 Å². The van der Waals surface area contributed by atoms with Crippen LogP contribution in [0.25, 0.3) is 0 Å². The first kappa shape index (κ1) is 14.8. The summed E-state index contributed by atoms with van der Waals surface area (Å²) in [4.78, 5) is 0.134. The second kappa shape index (κ2) is 5.05. The number of aliphatic hydroxyl groups excluding tert-OH is 1. The SMILES string of the molecule is CC(C)(NS(=O)(=O)c1ccc(Cl)c(CO)c1)C1CC1. The zero-order valence-electron chi connectivity index (χ0n) is 11.0. The highest BCUT2D eigenvalue weighted by Crippen LogP contribution is 2.40. The third-order valence-corrected chi connectivity index (χ3v) is 5.53. The Morgan fingerprint density at radius 2 is 2.05 bits per heavy atom. The summed E-state index contributed by atoms with van der Waals surface area (Å²) in [7, 11) is -3.59. The van der Waals surface area contributed by atoms with Gasteiger partial charge in [0.15, 0.2) is 0 Å². The largest absolute Gasteiger partial charge is 0.392 e. The molecule has 2 rings (SSSR count). The quantitative estimate of drug-likeness (QED) is 0.877. The Labute approximate surface area is 118 Å². The molecule has 1 aliphatic carbocycles. The highest BCUT2D eigenvalue weighted by molar-refractivity contribution is 7.89. The van der Waals surface area contributed by atoms with Gasteiger partial charge in [0.05, 0.1) is 11.5 Å². The Morgan fingerprint density at radius 3 is 2.58 bits per heavy atom. The van der Waals surface area contributed by atoms with E-state index in [9.17, 15) is 8.42 Å². The monoisotopic (exact) mass is 303 g/mol. The Morgan fingerprint density at radius 1 is 1.42 bits per heavy atom. The molecule has 19 heavy (non-hydrogen) atoms. The van der Waals surface area contributed by atoms with Gasteiger partial charge in [0.2, 0.25) is 10.0 Å². The lowest BCUT2D eigenvalue weighted by atomic mass is 10.0. The van der Waals surface area contributed by atoms with Crippen LogP contribution in [0.3, 0.4) is 0 Å². The Bertz CT molecular complexity index is 580. The molecule has 106 valence electrons. The molecule has 1 fully saturated rings. The van der Waals surface area contributed by atoms with Crippen molar-refractivity contribution in [1.29, 1.82) is 0 Å². The van der Waals surface area contributed by atoms with Crippen LogP contribution in [0.1, 0.15) is 32.3 Å². The molecular formula is C13H18ClNO3S. The third kappa shape index (κ3) is 3.28. The summed E-state index contributed by atoms with van der Waals surface area (Å²) in [6.45, 7) is 3.50. The molecule has 0 radical (unpaired) electrons. The van der Waals surface area contributed by atoms with Gasteiger partial charge in [0.25, 0.3) is 0 Å². The first-order valence-electron chi connectivity index (χ1n) is 6.19. The summed E-state index contributed by atoms with van der Waals surface area (Å²) < 4.78 is 27.4. The minimum Gasteiger partial charge on any atom is -0.392 e. The molecule has 2 N–H and O–H groups in total. The van der Waals surface area contributed by atoms with Gasteiger partial charge in [-0.25, -0.2) is 13.1 Å². The van der Waals surface area contributed by atoms with E-state index in [1.807, 2.05) is 13.8 Å². The highest BCUT2D eigenvalue weighted by Gasteiger charge is 2.40. The Hall–Kier alpha value is -0.620. The van der Waals surface area contributed by atoms with Crippen LogP contribution < -0.4 is 4.72 Å². The molecule has 0 amide bonds. The fourth-order valence-electron chi connectivity index (χ4n) is 2.13. The number of hydrogen-bond donors (Lipinski definition) is 2. The fraction of sp³-hybridized carbons (Fsp3) is 0.538. The van der Waals surface area contributed by atoms with Crippen LogP contribution in [0.2, 0.25) is 5.02 Å². The van der Waals surface area contributed by atoms with E-state index in [0.717, 1.165) is 12.8 Å². The maximum absolute atomic E-state index is 12.3. The molecule has 0 bridgehead atoms. The van der Waals surface area contributed by atoms with Crippen molar-refractivity contribution >= 4 is 21.6 Å². The van der Waals surface area contributed by atoms with Gasteiger partial charge >= 0.3 is 0 Å². The maximum atomic E-state index is 12.3. The molecule has 1 aromatic rings. The molecular weight excluding hydrogens is 286 g/mol. The van der Waals surface area contributed by atoms with Crippen molar-refractivity contribution in [3.8, 4) is 0 Å². The molecule has 0 aromatic heterocycles. The Kier molecular flexibility index (Phi) is 3.93. The van der Waals surface area contributed by atoms with Crippen LogP contribution in [-0.4, -0.2) is 19.1 Å². The molecule has 0 unspecified atom stereocenters. The molecule has 0 spiro atoms. The number of sulfonamides is 1. The summed E-state index contributed by atoms with van der Waals surface area (Å²) in [6.07, 6.45) is 2.11. The van der Waals surface area contributed by atoms with Gasteiger partial charge in [-0.2, -0.15) is 0 Å². The third-order valence-electron chi connectivity index (χ3n) is 3.49. The number of aliphatic hydroxyl groups is 1. The molecule has 0 aliphatic heterocycles. The first-order valence-corrected chi connectivity index (χ1v) is 8.05. The standard InChI is InChI=1S/C13H18ClNO3S/c1-13(2,10-3-4-10)15-19(17,18)11-5-6-12(14)9(7-11)8-16/h5-7,10,15-16H,3-4,8H2,1-2H3. The van der Waals surface area contributed by atoms with Crippen molar-refractivity contribution in [3.05, 3.63) is 28.8 Å². The molecule has 4 nitrogen and oxygen atoms in total. The minimum atomic E-state index is -3.59. The average molecular weight is 304 g/mol. The normalized spacial score (nSPS) is 16.6. The summed E-state index contributed by atoms with van der Waals surface area (Å²) in [5.74, 6) is 0.395. The van der Waals surface area contributed by atoms with Crippen LogP contribution in [0.4, 0.5) is 0 Å². The van der Waals surface area contributed by atoms with E-state index < -0.39 is 15.6 Å². The molecule has 1 aromatic carbocycles. The maximum Gasteiger partial charge on any atom is 0.241 e. The van der Waals surface area contributed by atoms with Crippen LogP contribution in [-0.2, 0) is 16.6 Å². The van der Waals surface area contributed by atoms with Crippen molar-refractivity contribution in [3.63, 3.8) is 0 Å². The van der Waals surface area contributed by atoms with Crippen molar-refractivity contribution in [2.75, 3.05) is 0 Å². The number of halogens is 1. The minimum absolute atomic E-state index is 0.134. The van der Waals surface area contributed by atoms with E-state index in [4.69, 9.17) is 16.7 Å². The summed E-state index contributed by atoms with van der Waals surface area (Å²) in [6, 6.07) is 4.35. The van der Waals surface area contributed by atoms with Gasteiger partial charge in [0.1, 0.15) is 0 Å². The van der Waals surface area contributed by atoms with E-state index in [-0.39, 0.29) is 11.5 Å². The van der Waals surface area contributed by atoms with Gasteiger partial charge in [0, 0.05) is 10.6 Å². The van der Waals surface area contributed by atoms with E-state index in [1.165, 1.54) is 18.2 Å². The smallest absolute Gasteiger partial charge is 0.241 e. The van der Waals surface area contributed by atoms with Gasteiger partial charge in [-0.15, -0.1) is 0 Å². The topological polar surface area (TPSA) is 66.4 Å². The van der Waals surface area contributed by atoms with Crippen LogP contribution in [0.5, 0.6) is 0 Å². The van der Waals surface area contributed by atoms with Gasteiger partial charge < -0.3 is 5.11 Å². The fourth-order valence-corrected chi connectivity index (χ4v) is 3.83. The predicted molar refractivity (Wildman–Crippen MR) is 74.5 cm³/mol. The Balaban J connectivity index is 2.29. The van der Waals surface area contributed by atoms with Gasteiger partial charge in [-0.05, 0) is 56.4 Å². The number of benzene rings is 1. The van der Waals surface area contributed by atoms with Gasteiger partial charge in [-0.3, -0.25) is 0 Å². The zero-order chi connectivity index (χ0) is 14.3. The van der Waals surface area contributed by atoms with E-state index in [0.29, 0.717) is 16.5 Å². The van der Waals surface area contributed by atoms with E-state index in [2.05, 4.69) is 4.72 Å². The first-order chi connectivity index (χ1) is 8.76. The van der Waals surface area contributed by atoms with Crippen molar-refractivity contribution in [2.24, 2.45) is 5.92 Å². The summed E-state index contributed by atoms with van der Waals surface area (Å²) in [5.41, 5.74) is -0.0357. The lowest BCUT2D eigenvalue weighted by Crippen LogP contribution is -2.45. The lowest BCUT2D eigenvalue weighted by molar-refractivity contribution is 0.281. The van der Waals surface area contributed by atoms with Crippen molar-refractivity contribution in [2.45, 2.75) is 43.7 Å². The highest BCUT2D eigenvalue weighted by atomic mass is 35.5.